The first kappa shape index (κ1) is 30.0. The van der Waals surface area contributed by atoms with Crippen molar-refractivity contribution in [2.45, 2.75) is 26.2 Å². The molecule has 0 radical (unpaired) electrons. The summed E-state index contributed by atoms with van der Waals surface area (Å²) in [5.41, 5.74) is 13.3. The maximum Gasteiger partial charge on any atom is 0.0540 e. The Morgan fingerprint density at radius 2 is 0.920 bits per heavy atom. The third-order valence-electron chi connectivity index (χ3n) is 10.4. The van der Waals surface area contributed by atoms with E-state index in [2.05, 4.69) is 206 Å². The SMILES string of the molecule is Cc1cccc(N(c2ccc3c(c2)C(C)(C)c2cc(N(c4ccccc4)c4cccc5ccccc45)ccc2-3)c2ccc3ccccc3c2)c1. The highest BCUT2D eigenvalue weighted by Crippen LogP contribution is 2.52. The predicted molar refractivity (Wildman–Crippen MR) is 213 cm³/mol. The van der Waals surface area contributed by atoms with Crippen molar-refractivity contribution < 1.29 is 0 Å². The van der Waals surface area contributed by atoms with Crippen LogP contribution in [0.5, 0.6) is 0 Å². The molecule has 0 N–H and O–H groups in total. The number of aryl methyl sites for hydroxylation is 1. The van der Waals surface area contributed by atoms with E-state index in [4.69, 9.17) is 0 Å². The van der Waals surface area contributed by atoms with Gasteiger partial charge in [-0.15, -0.1) is 0 Å². The van der Waals surface area contributed by atoms with Crippen molar-refractivity contribution in [1.29, 1.82) is 0 Å². The van der Waals surface area contributed by atoms with Crippen LogP contribution in [0.2, 0.25) is 0 Å². The second kappa shape index (κ2) is 11.8. The Labute approximate surface area is 294 Å². The molecule has 2 nitrogen and oxygen atoms in total. The zero-order chi connectivity index (χ0) is 33.8. The summed E-state index contributed by atoms with van der Waals surface area (Å²) in [5, 5.41) is 4.95. The molecule has 8 aromatic carbocycles. The number of rotatable bonds is 6. The largest absolute Gasteiger partial charge is 0.310 e. The van der Waals surface area contributed by atoms with Gasteiger partial charge in [-0.25, -0.2) is 0 Å². The van der Waals surface area contributed by atoms with E-state index in [-0.39, 0.29) is 5.41 Å². The van der Waals surface area contributed by atoms with Gasteiger partial charge in [0.05, 0.1) is 5.69 Å². The molecular formula is C48H38N2. The normalized spacial score (nSPS) is 12.9. The first-order valence-corrected chi connectivity index (χ1v) is 17.4. The molecule has 2 heteroatoms. The molecular weight excluding hydrogens is 605 g/mol. The Morgan fingerprint density at radius 1 is 0.380 bits per heavy atom. The average molecular weight is 643 g/mol. The van der Waals surface area contributed by atoms with Gasteiger partial charge in [0.2, 0.25) is 0 Å². The molecule has 0 aliphatic heterocycles. The first-order valence-electron chi connectivity index (χ1n) is 17.4. The molecule has 0 saturated heterocycles. The maximum atomic E-state index is 2.42. The molecule has 8 aromatic rings. The summed E-state index contributed by atoms with van der Waals surface area (Å²) in [7, 11) is 0. The van der Waals surface area contributed by atoms with Crippen molar-refractivity contribution in [2.24, 2.45) is 0 Å². The van der Waals surface area contributed by atoms with Crippen LogP contribution in [-0.4, -0.2) is 0 Å². The number of anilines is 6. The van der Waals surface area contributed by atoms with E-state index in [1.165, 1.54) is 55.0 Å². The van der Waals surface area contributed by atoms with Gasteiger partial charge in [0.1, 0.15) is 0 Å². The Hall–Kier alpha value is -6.12. The summed E-state index contributed by atoms with van der Waals surface area (Å²) in [5.74, 6) is 0. The van der Waals surface area contributed by atoms with Crippen LogP contribution in [0.25, 0.3) is 32.7 Å². The van der Waals surface area contributed by atoms with Gasteiger partial charge in [-0.1, -0.05) is 123 Å². The molecule has 240 valence electrons. The van der Waals surface area contributed by atoms with E-state index in [1.807, 2.05) is 0 Å². The van der Waals surface area contributed by atoms with Gasteiger partial charge in [-0.05, 0) is 118 Å². The zero-order valence-electron chi connectivity index (χ0n) is 28.6. The number of nitrogens with zero attached hydrogens (tertiary/aromatic N) is 2. The van der Waals surface area contributed by atoms with Crippen molar-refractivity contribution >= 4 is 55.7 Å². The summed E-state index contributed by atoms with van der Waals surface area (Å²) in [6.07, 6.45) is 0. The number of benzene rings is 8. The number of fused-ring (bicyclic) bond motifs is 5. The lowest BCUT2D eigenvalue weighted by Crippen LogP contribution is -2.17. The van der Waals surface area contributed by atoms with Crippen molar-refractivity contribution in [3.8, 4) is 11.1 Å². The minimum atomic E-state index is -0.209. The Morgan fingerprint density at radius 3 is 1.66 bits per heavy atom. The molecule has 50 heavy (non-hydrogen) atoms. The standard InChI is InChI=1S/C48H38N2/c1-33-13-11-20-38(29-33)49(39-24-23-34-14-7-8-16-36(34)30-39)40-25-27-43-44-28-26-41(32-46(44)48(2,3)45(43)31-40)50(37-18-5-4-6-19-37)47-22-12-17-35-15-9-10-21-42(35)47/h4-32H,1-3H3. The van der Waals surface area contributed by atoms with Gasteiger partial charge in [0.25, 0.3) is 0 Å². The van der Waals surface area contributed by atoms with Crippen LogP contribution in [-0.2, 0) is 5.41 Å². The fraction of sp³-hybridized carbons (Fsp3) is 0.0833. The Kier molecular flexibility index (Phi) is 7.07. The van der Waals surface area contributed by atoms with Crippen molar-refractivity contribution in [3.63, 3.8) is 0 Å². The van der Waals surface area contributed by atoms with Crippen LogP contribution in [0.4, 0.5) is 34.1 Å². The van der Waals surface area contributed by atoms with Crippen molar-refractivity contribution in [2.75, 3.05) is 9.80 Å². The summed E-state index contributed by atoms with van der Waals surface area (Å²) in [4.78, 5) is 4.81. The second-order valence-corrected chi connectivity index (χ2v) is 14.0. The third kappa shape index (κ3) is 4.95. The molecule has 0 bridgehead atoms. The average Bonchev–Trinajstić information content (AvgIpc) is 3.37. The molecule has 0 fully saturated rings. The highest BCUT2D eigenvalue weighted by molar-refractivity contribution is 5.99. The molecule has 0 heterocycles. The van der Waals surface area contributed by atoms with Gasteiger partial charge in [-0.2, -0.15) is 0 Å². The molecule has 0 spiro atoms. The van der Waals surface area contributed by atoms with Crippen LogP contribution in [0, 0.1) is 6.92 Å². The molecule has 0 saturated carbocycles. The Balaban J connectivity index is 1.18. The van der Waals surface area contributed by atoms with Gasteiger partial charge < -0.3 is 9.80 Å². The van der Waals surface area contributed by atoms with E-state index in [9.17, 15) is 0 Å². The molecule has 0 unspecified atom stereocenters. The van der Waals surface area contributed by atoms with Gasteiger partial charge in [0, 0.05) is 39.2 Å². The highest BCUT2D eigenvalue weighted by Gasteiger charge is 2.37. The molecule has 1 aliphatic carbocycles. The quantitative estimate of drug-likeness (QED) is 0.178. The number of hydrogen-bond acceptors (Lipinski definition) is 2. The molecule has 0 atom stereocenters. The van der Waals surface area contributed by atoms with E-state index >= 15 is 0 Å². The van der Waals surface area contributed by atoms with Gasteiger partial charge >= 0.3 is 0 Å². The van der Waals surface area contributed by atoms with E-state index < -0.39 is 0 Å². The van der Waals surface area contributed by atoms with Gasteiger partial charge in [0.15, 0.2) is 0 Å². The summed E-state index contributed by atoms with van der Waals surface area (Å²) in [6, 6.07) is 64.3. The lowest BCUT2D eigenvalue weighted by atomic mass is 9.82. The van der Waals surface area contributed by atoms with E-state index in [0.717, 1.165) is 28.4 Å². The van der Waals surface area contributed by atoms with Crippen LogP contribution in [0.1, 0.15) is 30.5 Å². The molecule has 0 amide bonds. The molecule has 9 rings (SSSR count). The smallest absolute Gasteiger partial charge is 0.0540 e. The topological polar surface area (TPSA) is 6.48 Å². The van der Waals surface area contributed by atoms with Crippen molar-refractivity contribution in [3.05, 3.63) is 193 Å². The number of hydrogen-bond donors (Lipinski definition) is 0. The maximum absolute atomic E-state index is 2.42. The summed E-state index contributed by atoms with van der Waals surface area (Å²) < 4.78 is 0. The fourth-order valence-corrected chi connectivity index (χ4v) is 7.93. The minimum absolute atomic E-state index is 0.209. The second-order valence-electron chi connectivity index (χ2n) is 14.0. The fourth-order valence-electron chi connectivity index (χ4n) is 7.93. The Bertz CT molecular complexity index is 2540. The van der Waals surface area contributed by atoms with E-state index in [0.29, 0.717) is 0 Å². The van der Waals surface area contributed by atoms with Crippen molar-refractivity contribution in [1.82, 2.24) is 0 Å². The summed E-state index contributed by atoms with van der Waals surface area (Å²) >= 11 is 0. The number of para-hydroxylation sites is 1. The van der Waals surface area contributed by atoms with Crippen LogP contribution >= 0.6 is 0 Å². The van der Waals surface area contributed by atoms with Crippen LogP contribution in [0.15, 0.2) is 176 Å². The lowest BCUT2D eigenvalue weighted by molar-refractivity contribution is 0.660. The monoisotopic (exact) mass is 642 g/mol. The lowest BCUT2D eigenvalue weighted by Gasteiger charge is -2.30. The highest BCUT2D eigenvalue weighted by atomic mass is 15.1. The molecule has 0 aromatic heterocycles. The van der Waals surface area contributed by atoms with Gasteiger partial charge in [-0.3, -0.25) is 0 Å². The first-order chi connectivity index (χ1) is 24.5. The third-order valence-corrected chi connectivity index (χ3v) is 10.4. The molecule has 1 aliphatic rings. The minimum Gasteiger partial charge on any atom is -0.310 e. The van der Waals surface area contributed by atoms with Crippen LogP contribution in [0.3, 0.4) is 0 Å². The zero-order valence-corrected chi connectivity index (χ0v) is 28.6. The van der Waals surface area contributed by atoms with E-state index in [1.54, 1.807) is 0 Å². The predicted octanol–water partition coefficient (Wildman–Crippen LogP) is 13.5. The van der Waals surface area contributed by atoms with Crippen LogP contribution < -0.4 is 9.80 Å². The summed E-state index contributed by atoms with van der Waals surface area (Å²) in [6.45, 7) is 6.92.